The fourth-order valence-electron chi connectivity index (χ4n) is 4.04. The molecule has 2 atom stereocenters. The lowest BCUT2D eigenvalue weighted by molar-refractivity contribution is 0.138. The first-order valence-electron chi connectivity index (χ1n) is 8.33. The molecule has 4 rings (SSSR count). The molecule has 0 spiro atoms. The van der Waals surface area contributed by atoms with E-state index in [1.807, 2.05) is 25.1 Å². The number of hydrogen-bond donors (Lipinski definition) is 0. The van der Waals surface area contributed by atoms with Crippen LogP contribution in [-0.4, -0.2) is 34.9 Å². The van der Waals surface area contributed by atoms with Gasteiger partial charge in [0, 0.05) is 24.7 Å². The van der Waals surface area contributed by atoms with Crippen LogP contribution >= 0.6 is 0 Å². The molecule has 1 saturated heterocycles. The molecule has 0 radical (unpaired) electrons. The number of anilines is 1. The molecule has 2 aromatic rings. The van der Waals surface area contributed by atoms with E-state index in [1.54, 1.807) is 12.4 Å². The van der Waals surface area contributed by atoms with Crippen LogP contribution in [0.3, 0.4) is 0 Å². The molecule has 1 saturated carbocycles. The van der Waals surface area contributed by atoms with Crippen molar-refractivity contribution in [3.8, 4) is 5.75 Å². The van der Waals surface area contributed by atoms with Gasteiger partial charge in [0.2, 0.25) is 0 Å². The second-order valence-corrected chi connectivity index (χ2v) is 6.84. The van der Waals surface area contributed by atoms with Crippen LogP contribution in [0.25, 0.3) is 0 Å². The van der Waals surface area contributed by atoms with Crippen LogP contribution in [0.2, 0.25) is 0 Å². The molecule has 2 aromatic heterocycles. The van der Waals surface area contributed by atoms with Gasteiger partial charge in [0.05, 0.1) is 18.5 Å². The Kier molecular flexibility index (Phi) is 3.63. The van der Waals surface area contributed by atoms with Gasteiger partial charge in [-0.25, -0.2) is 0 Å². The van der Waals surface area contributed by atoms with Gasteiger partial charge in [0.25, 0.3) is 0 Å². The second-order valence-electron chi connectivity index (χ2n) is 6.84. The lowest BCUT2D eigenvalue weighted by Crippen LogP contribution is -2.34. The highest BCUT2D eigenvalue weighted by Gasteiger charge is 2.50. The van der Waals surface area contributed by atoms with Gasteiger partial charge in [-0.3, -0.25) is 4.98 Å². The summed E-state index contributed by atoms with van der Waals surface area (Å²) in [5.41, 5.74) is 1.20. The maximum atomic E-state index is 6.07. The van der Waals surface area contributed by atoms with E-state index in [4.69, 9.17) is 4.74 Å². The molecule has 0 bridgehead atoms. The van der Waals surface area contributed by atoms with Crippen molar-refractivity contribution in [3.63, 3.8) is 0 Å². The van der Waals surface area contributed by atoms with E-state index in [-0.39, 0.29) is 5.41 Å². The largest absolute Gasteiger partial charge is 0.491 e. The normalized spacial score (nSPS) is 26.3. The lowest BCUT2D eigenvalue weighted by Gasteiger charge is -2.28. The number of aromatic nitrogens is 3. The highest BCUT2D eigenvalue weighted by molar-refractivity contribution is 5.40. The highest BCUT2D eigenvalue weighted by atomic mass is 16.5. The fraction of sp³-hybridized carbons (Fsp3) is 0.500. The Hall–Kier alpha value is -2.17. The van der Waals surface area contributed by atoms with E-state index in [2.05, 4.69) is 26.1 Å². The van der Waals surface area contributed by atoms with Gasteiger partial charge in [-0.1, -0.05) is 6.42 Å². The number of hydrogen-bond acceptors (Lipinski definition) is 5. The molecule has 0 amide bonds. The third-order valence-corrected chi connectivity index (χ3v) is 5.31. The molecule has 23 heavy (non-hydrogen) atoms. The van der Waals surface area contributed by atoms with E-state index in [9.17, 15) is 0 Å². The summed E-state index contributed by atoms with van der Waals surface area (Å²) in [4.78, 5) is 6.51. The van der Waals surface area contributed by atoms with Gasteiger partial charge in [-0.15, -0.1) is 5.10 Å². The Labute approximate surface area is 136 Å². The van der Waals surface area contributed by atoms with E-state index >= 15 is 0 Å². The van der Waals surface area contributed by atoms with Crippen molar-refractivity contribution < 1.29 is 4.74 Å². The monoisotopic (exact) mass is 310 g/mol. The minimum absolute atomic E-state index is 0.238. The van der Waals surface area contributed by atoms with Gasteiger partial charge in [-0.05, 0) is 49.9 Å². The first kappa shape index (κ1) is 14.4. The highest BCUT2D eigenvalue weighted by Crippen LogP contribution is 2.49. The Morgan fingerprint density at radius 2 is 2.26 bits per heavy atom. The Balaban J connectivity index is 1.49. The molecule has 5 heteroatoms. The summed E-state index contributed by atoms with van der Waals surface area (Å²) in [6.45, 7) is 4.81. The fourth-order valence-corrected chi connectivity index (χ4v) is 4.04. The van der Waals surface area contributed by atoms with Crippen molar-refractivity contribution in [2.75, 3.05) is 24.6 Å². The van der Waals surface area contributed by atoms with Crippen molar-refractivity contribution in [1.29, 1.82) is 0 Å². The minimum atomic E-state index is 0.238. The standard InChI is InChI=1S/C18H22N4O/c1-14-6-7-17(21-20-14)22-11-15-4-2-8-18(15,12-22)13-23-16-5-3-9-19-10-16/h3,5-7,9-10,15H,2,4,8,11-13H2,1H3/t15-,18+/m1/s1. The van der Waals surface area contributed by atoms with Crippen LogP contribution in [0.5, 0.6) is 5.75 Å². The molecule has 2 fully saturated rings. The zero-order chi connectivity index (χ0) is 15.7. The Morgan fingerprint density at radius 3 is 3.04 bits per heavy atom. The molecule has 0 N–H and O–H groups in total. The van der Waals surface area contributed by atoms with E-state index in [1.165, 1.54) is 19.3 Å². The molecular formula is C18H22N4O. The molecule has 5 nitrogen and oxygen atoms in total. The van der Waals surface area contributed by atoms with Gasteiger partial charge in [0.1, 0.15) is 5.75 Å². The summed E-state index contributed by atoms with van der Waals surface area (Å²) in [6.07, 6.45) is 7.38. The number of rotatable bonds is 4. The summed E-state index contributed by atoms with van der Waals surface area (Å²) in [6, 6.07) is 8.02. The number of ether oxygens (including phenoxy) is 1. The predicted octanol–water partition coefficient (Wildman–Crippen LogP) is 2.87. The van der Waals surface area contributed by atoms with Crippen molar-refractivity contribution in [3.05, 3.63) is 42.4 Å². The molecule has 1 aliphatic heterocycles. The summed E-state index contributed by atoms with van der Waals surface area (Å²) < 4.78 is 6.07. The van der Waals surface area contributed by atoms with Crippen LogP contribution in [0.4, 0.5) is 5.82 Å². The van der Waals surface area contributed by atoms with Crippen molar-refractivity contribution in [2.45, 2.75) is 26.2 Å². The molecular weight excluding hydrogens is 288 g/mol. The zero-order valence-electron chi connectivity index (χ0n) is 13.5. The summed E-state index contributed by atoms with van der Waals surface area (Å²) in [5, 5.41) is 8.56. The number of aryl methyl sites for hydroxylation is 1. The van der Waals surface area contributed by atoms with Crippen LogP contribution in [0, 0.1) is 18.3 Å². The van der Waals surface area contributed by atoms with E-state index in [0.717, 1.165) is 37.0 Å². The first-order valence-corrected chi connectivity index (χ1v) is 8.33. The first-order chi connectivity index (χ1) is 11.3. The van der Waals surface area contributed by atoms with Crippen molar-refractivity contribution in [1.82, 2.24) is 15.2 Å². The zero-order valence-corrected chi connectivity index (χ0v) is 13.5. The van der Waals surface area contributed by atoms with Gasteiger partial charge in [0.15, 0.2) is 5.82 Å². The molecule has 2 aliphatic rings. The Bertz CT molecular complexity index is 660. The number of fused-ring (bicyclic) bond motifs is 1. The average Bonchev–Trinajstić information content (AvgIpc) is 3.12. The molecule has 1 aliphatic carbocycles. The third kappa shape index (κ3) is 2.76. The van der Waals surface area contributed by atoms with Crippen molar-refractivity contribution >= 4 is 5.82 Å². The smallest absolute Gasteiger partial charge is 0.151 e. The Morgan fingerprint density at radius 1 is 1.30 bits per heavy atom. The average molecular weight is 310 g/mol. The number of pyridine rings is 1. The summed E-state index contributed by atoms with van der Waals surface area (Å²) in [7, 11) is 0. The SMILES string of the molecule is Cc1ccc(N2C[C@H]3CCC[C@@]3(COc3cccnc3)C2)nn1. The predicted molar refractivity (Wildman–Crippen MR) is 88.5 cm³/mol. The molecule has 0 aromatic carbocycles. The maximum absolute atomic E-state index is 6.07. The second kappa shape index (κ2) is 5.80. The van der Waals surface area contributed by atoms with Gasteiger partial charge >= 0.3 is 0 Å². The van der Waals surface area contributed by atoms with Crippen LogP contribution in [0.15, 0.2) is 36.7 Å². The van der Waals surface area contributed by atoms with Crippen molar-refractivity contribution in [2.24, 2.45) is 11.3 Å². The summed E-state index contributed by atoms with van der Waals surface area (Å²) >= 11 is 0. The third-order valence-electron chi connectivity index (χ3n) is 5.31. The van der Waals surface area contributed by atoms with Crippen LogP contribution in [-0.2, 0) is 0 Å². The maximum Gasteiger partial charge on any atom is 0.151 e. The minimum Gasteiger partial charge on any atom is -0.491 e. The molecule has 0 unspecified atom stereocenters. The molecule has 120 valence electrons. The van der Waals surface area contributed by atoms with Gasteiger partial charge in [-0.2, -0.15) is 5.10 Å². The van der Waals surface area contributed by atoms with Crippen LogP contribution < -0.4 is 9.64 Å². The number of nitrogens with zero attached hydrogens (tertiary/aromatic N) is 4. The van der Waals surface area contributed by atoms with Crippen LogP contribution in [0.1, 0.15) is 25.0 Å². The van der Waals surface area contributed by atoms with Gasteiger partial charge < -0.3 is 9.64 Å². The van der Waals surface area contributed by atoms with E-state index in [0.29, 0.717) is 5.92 Å². The quantitative estimate of drug-likeness (QED) is 0.869. The lowest BCUT2D eigenvalue weighted by atomic mass is 9.81. The topological polar surface area (TPSA) is 51.1 Å². The molecule has 3 heterocycles. The van der Waals surface area contributed by atoms with E-state index < -0.39 is 0 Å². The summed E-state index contributed by atoms with van der Waals surface area (Å²) in [5.74, 6) is 2.54.